The number of carboxylic acid groups (broad SMARTS) is 1. The van der Waals surface area contributed by atoms with Crippen LogP contribution in [0.5, 0.6) is 0 Å². The van der Waals surface area contributed by atoms with Crippen molar-refractivity contribution in [3.05, 3.63) is 36.0 Å². The zero-order valence-corrected chi connectivity index (χ0v) is 26.5. The summed E-state index contributed by atoms with van der Waals surface area (Å²) in [6.45, 7) is 0.314. The van der Waals surface area contributed by atoms with Crippen LogP contribution < -0.4 is 32.7 Å². The minimum Gasteiger partial charge on any atom is -0.481 e. The van der Waals surface area contributed by atoms with Crippen LogP contribution in [0.2, 0.25) is 0 Å². The van der Waals surface area contributed by atoms with Crippen molar-refractivity contribution >= 4 is 64.0 Å². The number of likely N-dealkylation sites (tertiary alicyclic amines) is 1. The monoisotopic (exact) mass is 676 g/mol. The second-order valence-corrected chi connectivity index (χ2v) is 11.5. The number of H-pyrrole nitrogens is 1. The Morgan fingerprint density at radius 1 is 0.979 bits per heavy atom. The Morgan fingerprint density at radius 3 is 2.40 bits per heavy atom. The van der Waals surface area contributed by atoms with E-state index in [-0.39, 0.29) is 45.2 Å². The fraction of sp³-hybridized carbons (Fsp3) is 0.500. The van der Waals surface area contributed by atoms with Gasteiger partial charge in [0, 0.05) is 43.0 Å². The average molecular weight is 677 g/mol. The number of aliphatic carboxylic acids is 1. The summed E-state index contributed by atoms with van der Waals surface area (Å²) in [5.41, 5.74) is 12.1. The predicted octanol–water partition coefficient (Wildman–Crippen LogP) is -0.417. The van der Waals surface area contributed by atoms with Gasteiger partial charge in [-0.1, -0.05) is 18.2 Å². The lowest BCUT2D eigenvalue weighted by Crippen LogP contribution is -2.60. The van der Waals surface area contributed by atoms with Gasteiger partial charge in [-0.2, -0.15) is 0 Å². The number of nitrogens with one attached hydrogen (secondary N) is 5. The molecule has 47 heavy (non-hydrogen) atoms. The Balaban J connectivity index is 1.85. The van der Waals surface area contributed by atoms with Crippen molar-refractivity contribution in [2.75, 3.05) is 19.0 Å². The number of aromatic amines is 1. The van der Waals surface area contributed by atoms with Gasteiger partial charge in [-0.05, 0) is 50.2 Å². The standard InChI is InChI=1S/C30H41ClN8O8/c31-15-24(40)36-21(10-11-25(41)42)29(46)39-13-4-3-9-23(39)28(45)38-22(14-17-16-35-19-7-2-1-6-18(17)19)27(44)37-20(26(32)43)8-5-12-34-30(33)47/h1-2,6-7,16,20-23,35H,3-5,8-15H2,(H2,32,43)(H,36,40)(H,37,44)(H,38,45)(H,41,42)(H3,33,34,47). The fourth-order valence-corrected chi connectivity index (χ4v) is 5.58. The van der Waals surface area contributed by atoms with E-state index in [1.807, 2.05) is 24.3 Å². The summed E-state index contributed by atoms with van der Waals surface area (Å²) in [7, 11) is 0. The molecule has 4 atom stereocenters. The molecule has 1 aliphatic rings. The van der Waals surface area contributed by atoms with Crippen LogP contribution >= 0.6 is 11.6 Å². The number of carbonyl (C=O) groups excluding carboxylic acids is 6. The molecule has 7 amide bonds. The van der Waals surface area contributed by atoms with Crippen LogP contribution in [0.25, 0.3) is 10.9 Å². The lowest BCUT2D eigenvalue weighted by molar-refractivity contribution is -0.146. The first-order chi connectivity index (χ1) is 22.4. The number of fused-ring (bicyclic) bond motifs is 1. The molecule has 10 N–H and O–H groups in total. The van der Waals surface area contributed by atoms with E-state index in [4.69, 9.17) is 28.2 Å². The van der Waals surface area contributed by atoms with Crippen molar-refractivity contribution < 1.29 is 38.7 Å². The number of amides is 7. The minimum absolute atomic E-state index is 0.0178. The SMILES string of the molecule is NC(=O)NCCCC(NC(=O)C(Cc1c[nH]c2ccccc12)NC(=O)C1CCCCN1C(=O)C(CCC(=O)O)NC(=O)CCl)C(N)=O. The molecule has 256 valence electrons. The van der Waals surface area contributed by atoms with Gasteiger partial charge in [0.1, 0.15) is 30.0 Å². The Hall–Kier alpha value is -4.86. The number of para-hydroxylation sites is 1. The van der Waals surface area contributed by atoms with Crippen LogP contribution in [-0.4, -0.2) is 99.7 Å². The van der Waals surface area contributed by atoms with Gasteiger partial charge in [0.25, 0.3) is 0 Å². The maximum absolute atomic E-state index is 13.8. The van der Waals surface area contributed by atoms with Gasteiger partial charge >= 0.3 is 12.0 Å². The summed E-state index contributed by atoms with van der Waals surface area (Å²) in [5.74, 6) is -5.07. The number of halogens is 1. The summed E-state index contributed by atoms with van der Waals surface area (Å²) in [4.78, 5) is 92.0. The van der Waals surface area contributed by atoms with Gasteiger partial charge in [0.2, 0.25) is 29.5 Å². The van der Waals surface area contributed by atoms with Crippen molar-refractivity contribution in [1.82, 2.24) is 31.2 Å². The summed E-state index contributed by atoms with van der Waals surface area (Å²) in [5, 5.41) is 20.2. The van der Waals surface area contributed by atoms with Crippen LogP contribution in [0.4, 0.5) is 4.79 Å². The number of alkyl halides is 1. The molecule has 17 heteroatoms. The highest BCUT2D eigenvalue weighted by atomic mass is 35.5. The van der Waals surface area contributed by atoms with Crippen LogP contribution in [0, 0.1) is 0 Å². The number of aromatic nitrogens is 1. The lowest BCUT2D eigenvalue weighted by Gasteiger charge is -2.37. The second-order valence-electron chi connectivity index (χ2n) is 11.3. The number of hydrogen-bond acceptors (Lipinski definition) is 7. The van der Waals surface area contributed by atoms with Crippen LogP contribution in [0.15, 0.2) is 30.5 Å². The van der Waals surface area contributed by atoms with Gasteiger partial charge in [-0.3, -0.25) is 28.8 Å². The smallest absolute Gasteiger partial charge is 0.312 e. The van der Waals surface area contributed by atoms with E-state index < -0.39 is 78.0 Å². The Morgan fingerprint density at radius 2 is 1.72 bits per heavy atom. The molecule has 0 radical (unpaired) electrons. The molecule has 3 rings (SSSR count). The molecule has 1 saturated heterocycles. The molecular formula is C30H41ClN8O8. The number of nitrogens with two attached hydrogens (primary N) is 2. The largest absolute Gasteiger partial charge is 0.481 e. The van der Waals surface area contributed by atoms with Crippen molar-refractivity contribution in [3.8, 4) is 0 Å². The second kappa shape index (κ2) is 17.7. The number of urea groups is 1. The molecule has 16 nitrogen and oxygen atoms in total. The zero-order valence-electron chi connectivity index (χ0n) is 25.8. The van der Waals surface area contributed by atoms with Crippen LogP contribution in [0.1, 0.15) is 50.5 Å². The van der Waals surface area contributed by atoms with Crippen molar-refractivity contribution in [1.29, 1.82) is 0 Å². The maximum Gasteiger partial charge on any atom is 0.312 e. The van der Waals surface area contributed by atoms with E-state index in [0.29, 0.717) is 18.4 Å². The van der Waals surface area contributed by atoms with Gasteiger partial charge in [0.05, 0.1) is 0 Å². The quantitative estimate of drug-likeness (QED) is 0.0804. The number of hydrogen-bond donors (Lipinski definition) is 8. The topological polar surface area (TPSA) is 259 Å². The molecule has 0 aliphatic carbocycles. The summed E-state index contributed by atoms with van der Waals surface area (Å²) in [6, 6.07) is 2.06. The summed E-state index contributed by atoms with van der Waals surface area (Å²) >= 11 is 5.61. The number of primary amides is 2. The Labute approximate surface area is 275 Å². The maximum atomic E-state index is 13.8. The zero-order chi connectivity index (χ0) is 34.5. The van der Waals surface area contributed by atoms with E-state index in [0.717, 1.165) is 10.9 Å². The molecule has 1 aromatic heterocycles. The third-order valence-electron chi connectivity index (χ3n) is 7.85. The molecule has 0 spiro atoms. The molecule has 1 aliphatic heterocycles. The first-order valence-corrected chi connectivity index (χ1v) is 15.8. The molecule has 2 aromatic rings. The molecule has 1 aromatic carbocycles. The van der Waals surface area contributed by atoms with Gasteiger partial charge in [0.15, 0.2) is 0 Å². The normalized spacial score (nSPS) is 16.4. The highest BCUT2D eigenvalue weighted by molar-refractivity contribution is 6.27. The molecule has 2 heterocycles. The van der Waals surface area contributed by atoms with Crippen LogP contribution in [-0.2, 0) is 35.2 Å². The molecule has 1 fully saturated rings. The van der Waals surface area contributed by atoms with Gasteiger partial charge < -0.3 is 47.7 Å². The minimum atomic E-state index is -1.23. The number of nitrogens with zero attached hydrogens (tertiary/aromatic N) is 1. The first kappa shape index (κ1) is 36.6. The van der Waals surface area contributed by atoms with Crippen LogP contribution in [0.3, 0.4) is 0 Å². The van der Waals surface area contributed by atoms with E-state index in [1.54, 1.807) is 6.20 Å². The summed E-state index contributed by atoms with van der Waals surface area (Å²) in [6.07, 6.45) is 2.89. The van der Waals surface area contributed by atoms with Crippen molar-refractivity contribution in [2.45, 2.75) is 75.5 Å². The number of carbonyl (C=O) groups is 7. The number of carboxylic acids is 1. The lowest BCUT2D eigenvalue weighted by atomic mass is 9.97. The summed E-state index contributed by atoms with van der Waals surface area (Å²) < 4.78 is 0. The van der Waals surface area contributed by atoms with E-state index in [1.165, 1.54) is 4.90 Å². The number of piperidine rings is 1. The van der Waals surface area contributed by atoms with Gasteiger partial charge in [-0.25, -0.2) is 4.79 Å². The third kappa shape index (κ3) is 10.9. The van der Waals surface area contributed by atoms with E-state index in [2.05, 4.69) is 26.3 Å². The van der Waals surface area contributed by atoms with Crippen molar-refractivity contribution in [3.63, 3.8) is 0 Å². The molecule has 4 unspecified atom stereocenters. The molecule has 0 bridgehead atoms. The number of benzene rings is 1. The predicted molar refractivity (Wildman–Crippen MR) is 171 cm³/mol. The Bertz CT molecular complexity index is 1470. The average Bonchev–Trinajstić information content (AvgIpc) is 3.45. The highest BCUT2D eigenvalue weighted by Gasteiger charge is 2.38. The van der Waals surface area contributed by atoms with Crippen molar-refractivity contribution in [2.24, 2.45) is 11.5 Å². The highest BCUT2D eigenvalue weighted by Crippen LogP contribution is 2.22. The van der Waals surface area contributed by atoms with E-state index in [9.17, 15) is 33.6 Å². The number of rotatable bonds is 17. The third-order valence-corrected chi connectivity index (χ3v) is 8.09. The molecular weight excluding hydrogens is 636 g/mol. The fourth-order valence-electron chi connectivity index (χ4n) is 5.50. The first-order valence-electron chi connectivity index (χ1n) is 15.3. The molecule has 0 saturated carbocycles. The Kier molecular flexibility index (Phi) is 13.8. The van der Waals surface area contributed by atoms with E-state index >= 15 is 0 Å². The van der Waals surface area contributed by atoms with Gasteiger partial charge in [-0.15, -0.1) is 11.6 Å².